The first kappa shape index (κ1) is 16.1. The molecular weight excluding hydrogens is 290 g/mol. The van der Waals surface area contributed by atoms with Gasteiger partial charge in [-0.15, -0.1) is 0 Å². The molecule has 124 valence electrons. The van der Waals surface area contributed by atoms with Crippen LogP contribution in [0, 0.1) is 12.8 Å². The monoisotopic (exact) mass is 315 g/mol. The number of nitrogens with zero attached hydrogens (tertiary/aromatic N) is 3. The summed E-state index contributed by atoms with van der Waals surface area (Å²) >= 11 is 0. The van der Waals surface area contributed by atoms with Crippen LogP contribution in [0.15, 0.2) is 29.1 Å². The molecule has 23 heavy (non-hydrogen) atoms. The minimum absolute atomic E-state index is 0.127. The van der Waals surface area contributed by atoms with Crippen molar-refractivity contribution in [3.8, 4) is 0 Å². The molecule has 0 saturated carbocycles. The predicted octanol–water partition coefficient (Wildman–Crippen LogP) is 1.80. The van der Waals surface area contributed by atoms with Gasteiger partial charge in [0, 0.05) is 11.9 Å². The van der Waals surface area contributed by atoms with Gasteiger partial charge >= 0.3 is 0 Å². The van der Waals surface area contributed by atoms with Crippen molar-refractivity contribution in [2.75, 3.05) is 19.6 Å². The first-order valence-electron chi connectivity index (χ1n) is 8.41. The molecule has 0 amide bonds. The molecule has 1 aromatic carbocycles. The van der Waals surface area contributed by atoms with Crippen LogP contribution in [0.3, 0.4) is 0 Å². The molecule has 1 aliphatic heterocycles. The van der Waals surface area contributed by atoms with Crippen molar-refractivity contribution in [2.45, 2.75) is 39.3 Å². The van der Waals surface area contributed by atoms with Crippen LogP contribution in [0.4, 0.5) is 0 Å². The minimum Gasteiger partial charge on any atom is -0.390 e. The molecule has 1 aliphatic rings. The van der Waals surface area contributed by atoms with Gasteiger partial charge in [-0.05, 0) is 44.8 Å². The van der Waals surface area contributed by atoms with E-state index in [9.17, 15) is 9.90 Å². The zero-order chi connectivity index (χ0) is 16.4. The second-order valence-corrected chi connectivity index (χ2v) is 6.76. The lowest BCUT2D eigenvalue weighted by molar-refractivity contribution is 0.0767. The third-order valence-corrected chi connectivity index (χ3v) is 4.78. The number of likely N-dealkylation sites (tertiary alicyclic amines) is 1. The standard InChI is InChI=1S/C18H25N3O2/c1-13-7-9-20(10-8-13)11-15(22)12-21-18(23)17-6-4-3-5-16(17)14(2)19-21/h3-6,13,15,22H,7-12H2,1-2H3/t15-/m0/s1. The van der Waals surface area contributed by atoms with Gasteiger partial charge < -0.3 is 10.0 Å². The molecule has 1 atom stereocenters. The Balaban J connectivity index is 1.73. The summed E-state index contributed by atoms with van der Waals surface area (Å²) in [6.07, 6.45) is 1.79. The first-order chi connectivity index (χ1) is 11.0. The van der Waals surface area contributed by atoms with Gasteiger partial charge in [0.05, 0.1) is 23.7 Å². The summed E-state index contributed by atoms with van der Waals surface area (Å²) in [5.74, 6) is 0.774. The summed E-state index contributed by atoms with van der Waals surface area (Å²) in [4.78, 5) is 14.8. The van der Waals surface area contributed by atoms with E-state index in [0.29, 0.717) is 11.9 Å². The summed E-state index contributed by atoms with van der Waals surface area (Å²) in [5, 5.41) is 16.3. The first-order valence-corrected chi connectivity index (χ1v) is 8.41. The van der Waals surface area contributed by atoms with Gasteiger partial charge in [0.15, 0.2) is 0 Å². The van der Waals surface area contributed by atoms with E-state index in [4.69, 9.17) is 0 Å². The fourth-order valence-electron chi connectivity index (χ4n) is 3.33. The second kappa shape index (κ2) is 6.81. The fraction of sp³-hybridized carbons (Fsp3) is 0.556. The number of aliphatic hydroxyl groups excluding tert-OH is 1. The maximum absolute atomic E-state index is 12.5. The minimum atomic E-state index is -0.575. The van der Waals surface area contributed by atoms with Crippen molar-refractivity contribution in [3.05, 3.63) is 40.3 Å². The second-order valence-electron chi connectivity index (χ2n) is 6.76. The summed E-state index contributed by atoms with van der Waals surface area (Å²) < 4.78 is 1.41. The van der Waals surface area contributed by atoms with E-state index in [-0.39, 0.29) is 12.1 Å². The zero-order valence-electron chi connectivity index (χ0n) is 13.9. The number of benzene rings is 1. The van der Waals surface area contributed by atoms with Crippen LogP contribution in [-0.4, -0.2) is 45.5 Å². The SMILES string of the molecule is Cc1nn(C[C@@H](O)CN2CCC(C)CC2)c(=O)c2ccccc12. The summed E-state index contributed by atoms with van der Waals surface area (Å²) in [6, 6.07) is 7.50. The van der Waals surface area contributed by atoms with Gasteiger partial charge in [0.1, 0.15) is 0 Å². The molecule has 5 nitrogen and oxygen atoms in total. The Kier molecular flexibility index (Phi) is 4.78. The largest absolute Gasteiger partial charge is 0.390 e. The van der Waals surface area contributed by atoms with Crippen molar-refractivity contribution in [1.29, 1.82) is 0 Å². The third kappa shape index (κ3) is 3.62. The van der Waals surface area contributed by atoms with Gasteiger partial charge in [0.2, 0.25) is 0 Å². The molecule has 0 bridgehead atoms. The summed E-state index contributed by atoms with van der Waals surface area (Å²) in [7, 11) is 0. The van der Waals surface area contributed by atoms with Crippen LogP contribution in [0.25, 0.3) is 10.8 Å². The van der Waals surface area contributed by atoms with Crippen molar-refractivity contribution in [2.24, 2.45) is 5.92 Å². The number of fused-ring (bicyclic) bond motifs is 1. The lowest BCUT2D eigenvalue weighted by Crippen LogP contribution is -2.41. The Bertz CT molecular complexity index is 733. The maximum Gasteiger partial charge on any atom is 0.274 e. The highest BCUT2D eigenvalue weighted by Gasteiger charge is 2.19. The van der Waals surface area contributed by atoms with Crippen molar-refractivity contribution in [3.63, 3.8) is 0 Å². The van der Waals surface area contributed by atoms with E-state index in [2.05, 4.69) is 16.9 Å². The molecule has 2 heterocycles. The number of piperidine rings is 1. The van der Waals surface area contributed by atoms with Crippen LogP contribution < -0.4 is 5.56 Å². The number of aromatic nitrogens is 2. The molecule has 1 saturated heterocycles. The van der Waals surface area contributed by atoms with Crippen LogP contribution in [-0.2, 0) is 6.54 Å². The highest BCUT2D eigenvalue weighted by Crippen LogP contribution is 2.16. The molecule has 1 fully saturated rings. The van der Waals surface area contributed by atoms with Crippen molar-refractivity contribution >= 4 is 10.8 Å². The van der Waals surface area contributed by atoms with E-state index in [0.717, 1.165) is 30.1 Å². The molecule has 5 heteroatoms. The highest BCUT2D eigenvalue weighted by molar-refractivity contribution is 5.83. The molecule has 0 aliphatic carbocycles. The fourth-order valence-corrected chi connectivity index (χ4v) is 3.33. The molecule has 2 aromatic rings. The quantitative estimate of drug-likeness (QED) is 0.935. The lowest BCUT2D eigenvalue weighted by Gasteiger charge is -2.31. The van der Waals surface area contributed by atoms with Crippen LogP contribution >= 0.6 is 0 Å². The van der Waals surface area contributed by atoms with Gasteiger partial charge in [-0.25, -0.2) is 4.68 Å². The molecule has 1 aromatic heterocycles. The molecule has 3 rings (SSSR count). The number of aryl methyl sites for hydroxylation is 1. The average molecular weight is 315 g/mol. The smallest absolute Gasteiger partial charge is 0.274 e. The van der Waals surface area contributed by atoms with E-state index >= 15 is 0 Å². The van der Waals surface area contributed by atoms with E-state index < -0.39 is 6.10 Å². The summed E-state index contributed by atoms with van der Waals surface area (Å²) in [5.41, 5.74) is 0.691. The van der Waals surface area contributed by atoms with Gasteiger partial charge in [-0.1, -0.05) is 25.1 Å². The molecule has 0 unspecified atom stereocenters. The Morgan fingerprint density at radius 1 is 1.22 bits per heavy atom. The van der Waals surface area contributed by atoms with Crippen LogP contribution in [0.2, 0.25) is 0 Å². The highest BCUT2D eigenvalue weighted by atomic mass is 16.3. The number of hydrogen-bond acceptors (Lipinski definition) is 4. The maximum atomic E-state index is 12.5. The normalized spacial score (nSPS) is 18.4. The van der Waals surface area contributed by atoms with E-state index in [1.54, 1.807) is 0 Å². The van der Waals surface area contributed by atoms with Crippen molar-refractivity contribution < 1.29 is 5.11 Å². The van der Waals surface area contributed by atoms with Crippen LogP contribution in [0.5, 0.6) is 0 Å². The molecule has 1 N–H and O–H groups in total. The molecular formula is C18H25N3O2. The number of rotatable bonds is 4. The zero-order valence-corrected chi connectivity index (χ0v) is 13.9. The summed E-state index contributed by atoms with van der Waals surface area (Å²) in [6.45, 7) is 7.07. The Labute approximate surface area is 136 Å². The Hall–Kier alpha value is -1.72. The topological polar surface area (TPSA) is 58.4 Å². The predicted molar refractivity (Wildman–Crippen MR) is 91.6 cm³/mol. The Morgan fingerprint density at radius 3 is 2.57 bits per heavy atom. The number of β-amino-alcohol motifs (C(OH)–C–C–N with tert-alkyl or cyclic N) is 1. The average Bonchev–Trinajstić information content (AvgIpc) is 2.54. The van der Waals surface area contributed by atoms with Crippen molar-refractivity contribution in [1.82, 2.24) is 14.7 Å². The third-order valence-electron chi connectivity index (χ3n) is 4.78. The van der Waals surface area contributed by atoms with Gasteiger partial charge in [-0.3, -0.25) is 4.79 Å². The molecule has 0 spiro atoms. The number of hydrogen-bond donors (Lipinski definition) is 1. The van der Waals surface area contributed by atoms with Gasteiger partial charge in [0.25, 0.3) is 5.56 Å². The van der Waals surface area contributed by atoms with E-state index in [1.165, 1.54) is 17.5 Å². The molecule has 0 radical (unpaired) electrons. The Morgan fingerprint density at radius 2 is 1.87 bits per heavy atom. The lowest BCUT2D eigenvalue weighted by atomic mass is 9.99. The van der Waals surface area contributed by atoms with E-state index in [1.807, 2.05) is 31.2 Å². The van der Waals surface area contributed by atoms with Crippen LogP contribution in [0.1, 0.15) is 25.5 Å². The van der Waals surface area contributed by atoms with Gasteiger partial charge in [-0.2, -0.15) is 5.10 Å². The number of aliphatic hydroxyl groups is 1.